The number of aryl methyl sites for hydroxylation is 1. The second-order valence-electron chi connectivity index (χ2n) is 3.20. The summed E-state index contributed by atoms with van der Waals surface area (Å²) in [6, 6.07) is 5.25. The lowest BCUT2D eigenvalue weighted by molar-refractivity contribution is 0.0693. The standard InChI is InChI=1S/C11H9NO3S/c1-7-2-3-9(8(6-7)10(13)14)16-11-12-4-5-15-11/h2-6H,1H3,(H,13,14). The number of carboxylic acids is 1. The van der Waals surface area contributed by atoms with Crippen LogP contribution in [-0.2, 0) is 0 Å². The van der Waals surface area contributed by atoms with Gasteiger partial charge in [-0.2, -0.15) is 0 Å². The third kappa shape index (κ3) is 2.25. The number of hydrogen-bond donors (Lipinski definition) is 1. The van der Waals surface area contributed by atoms with Crippen LogP contribution in [0.25, 0.3) is 0 Å². The highest BCUT2D eigenvalue weighted by atomic mass is 32.2. The molecular formula is C11H9NO3S. The zero-order valence-electron chi connectivity index (χ0n) is 8.51. The zero-order chi connectivity index (χ0) is 11.5. The first kappa shape index (κ1) is 10.8. The van der Waals surface area contributed by atoms with Crippen molar-refractivity contribution in [3.05, 3.63) is 41.8 Å². The minimum atomic E-state index is -0.947. The molecule has 0 saturated heterocycles. The largest absolute Gasteiger partial charge is 0.478 e. The van der Waals surface area contributed by atoms with Gasteiger partial charge in [-0.05, 0) is 30.8 Å². The zero-order valence-corrected chi connectivity index (χ0v) is 9.32. The van der Waals surface area contributed by atoms with Crippen LogP contribution in [-0.4, -0.2) is 16.1 Å². The monoisotopic (exact) mass is 235 g/mol. The number of carbonyl (C=O) groups is 1. The van der Waals surface area contributed by atoms with Crippen LogP contribution in [0.3, 0.4) is 0 Å². The van der Waals surface area contributed by atoms with Crippen molar-refractivity contribution < 1.29 is 14.3 Å². The van der Waals surface area contributed by atoms with Crippen molar-refractivity contribution >= 4 is 17.7 Å². The van der Waals surface area contributed by atoms with Crippen molar-refractivity contribution in [2.45, 2.75) is 17.0 Å². The molecule has 4 nitrogen and oxygen atoms in total. The Balaban J connectivity index is 2.36. The molecule has 5 heteroatoms. The topological polar surface area (TPSA) is 63.3 Å². The fraction of sp³-hybridized carbons (Fsp3) is 0.0909. The van der Waals surface area contributed by atoms with Gasteiger partial charge in [-0.1, -0.05) is 11.6 Å². The molecule has 16 heavy (non-hydrogen) atoms. The highest BCUT2D eigenvalue weighted by Gasteiger charge is 2.12. The van der Waals surface area contributed by atoms with Crippen LogP contribution >= 0.6 is 11.8 Å². The number of nitrogens with zero attached hydrogens (tertiary/aromatic N) is 1. The maximum absolute atomic E-state index is 11.0. The molecule has 0 radical (unpaired) electrons. The second-order valence-corrected chi connectivity index (χ2v) is 4.20. The first-order chi connectivity index (χ1) is 7.66. The summed E-state index contributed by atoms with van der Waals surface area (Å²) in [5, 5.41) is 9.49. The SMILES string of the molecule is Cc1ccc(Sc2ncco2)c(C(=O)O)c1. The minimum absolute atomic E-state index is 0.267. The van der Waals surface area contributed by atoms with Crippen molar-refractivity contribution in [1.29, 1.82) is 0 Å². The van der Waals surface area contributed by atoms with Crippen molar-refractivity contribution in [3.63, 3.8) is 0 Å². The number of benzene rings is 1. The molecule has 1 heterocycles. The van der Waals surface area contributed by atoms with Crippen LogP contribution in [0.1, 0.15) is 15.9 Å². The smallest absolute Gasteiger partial charge is 0.336 e. The summed E-state index contributed by atoms with van der Waals surface area (Å²) in [6.07, 6.45) is 2.98. The summed E-state index contributed by atoms with van der Waals surface area (Å²) >= 11 is 1.20. The first-order valence-electron chi connectivity index (χ1n) is 4.58. The molecule has 0 fully saturated rings. The van der Waals surface area contributed by atoms with E-state index < -0.39 is 5.97 Å². The minimum Gasteiger partial charge on any atom is -0.478 e. The Bertz CT molecular complexity index is 508. The predicted molar refractivity (Wildman–Crippen MR) is 58.8 cm³/mol. The van der Waals surface area contributed by atoms with E-state index in [0.717, 1.165) is 5.56 Å². The third-order valence-corrected chi connectivity index (χ3v) is 2.92. The van der Waals surface area contributed by atoms with E-state index in [2.05, 4.69) is 4.98 Å². The number of aromatic nitrogens is 1. The predicted octanol–water partition coefficient (Wildman–Crippen LogP) is 2.83. The number of rotatable bonds is 3. The molecule has 1 aromatic heterocycles. The Kier molecular flexibility index (Phi) is 2.96. The number of hydrogen-bond acceptors (Lipinski definition) is 4. The van der Waals surface area contributed by atoms with E-state index in [1.807, 2.05) is 13.0 Å². The molecule has 82 valence electrons. The maximum Gasteiger partial charge on any atom is 0.336 e. The fourth-order valence-electron chi connectivity index (χ4n) is 1.25. The summed E-state index contributed by atoms with van der Waals surface area (Å²) < 4.78 is 5.06. The average Bonchev–Trinajstić information content (AvgIpc) is 2.73. The van der Waals surface area contributed by atoms with Crippen molar-refractivity contribution in [1.82, 2.24) is 4.98 Å². The van der Waals surface area contributed by atoms with E-state index in [9.17, 15) is 4.79 Å². The summed E-state index contributed by atoms with van der Waals surface area (Å²) in [4.78, 5) is 15.6. The molecule has 0 spiro atoms. The molecule has 1 N–H and O–H groups in total. The lowest BCUT2D eigenvalue weighted by atomic mass is 10.1. The van der Waals surface area contributed by atoms with Gasteiger partial charge in [0.2, 0.25) is 0 Å². The van der Waals surface area contributed by atoms with Crippen LogP contribution in [0.15, 0.2) is 45.2 Å². The molecule has 0 bridgehead atoms. The van der Waals surface area contributed by atoms with Gasteiger partial charge in [0.05, 0.1) is 11.8 Å². The van der Waals surface area contributed by atoms with E-state index >= 15 is 0 Å². The molecule has 0 aliphatic heterocycles. The van der Waals surface area contributed by atoms with E-state index in [1.54, 1.807) is 12.1 Å². The molecule has 2 aromatic rings. The molecule has 0 saturated carbocycles. The lowest BCUT2D eigenvalue weighted by Crippen LogP contribution is -1.99. The van der Waals surface area contributed by atoms with E-state index in [-0.39, 0.29) is 5.56 Å². The lowest BCUT2D eigenvalue weighted by Gasteiger charge is -2.03. The van der Waals surface area contributed by atoms with Gasteiger partial charge in [0.1, 0.15) is 6.26 Å². The summed E-state index contributed by atoms with van der Waals surface area (Å²) in [6.45, 7) is 1.85. The van der Waals surface area contributed by atoms with Gasteiger partial charge in [-0.15, -0.1) is 0 Å². The molecular weight excluding hydrogens is 226 g/mol. The Hall–Kier alpha value is -1.75. The average molecular weight is 235 g/mol. The molecule has 0 amide bonds. The van der Waals surface area contributed by atoms with E-state index in [1.165, 1.54) is 24.2 Å². The maximum atomic E-state index is 11.0. The van der Waals surface area contributed by atoms with Gasteiger partial charge in [0, 0.05) is 4.90 Å². The Morgan fingerprint density at radius 1 is 1.50 bits per heavy atom. The first-order valence-corrected chi connectivity index (χ1v) is 5.40. The summed E-state index contributed by atoms with van der Waals surface area (Å²) in [5.74, 6) is -0.947. The van der Waals surface area contributed by atoms with Crippen molar-refractivity contribution in [2.24, 2.45) is 0 Å². The van der Waals surface area contributed by atoms with Gasteiger partial charge in [-0.3, -0.25) is 0 Å². The third-order valence-electron chi connectivity index (χ3n) is 1.97. The number of oxazole rings is 1. The van der Waals surface area contributed by atoms with E-state index in [4.69, 9.17) is 9.52 Å². The number of carboxylic acid groups (broad SMARTS) is 1. The van der Waals surface area contributed by atoms with Crippen LogP contribution in [0.2, 0.25) is 0 Å². The van der Waals surface area contributed by atoms with Crippen molar-refractivity contribution in [2.75, 3.05) is 0 Å². The van der Waals surface area contributed by atoms with E-state index in [0.29, 0.717) is 10.1 Å². The normalized spacial score (nSPS) is 10.3. The van der Waals surface area contributed by atoms with Crippen LogP contribution in [0, 0.1) is 6.92 Å². The molecule has 0 aliphatic rings. The van der Waals surface area contributed by atoms with Crippen LogP contribution < -0.4 is 0 Å². The van der Waals surface area contributed by atoms with Gasteiger partial charge < -0.3 is 9.52 Å². The van der Waals surface area contributed by atoms with Crippen molar-refractivity contribution in [3.8, 4) is 0 Å². The molecule has 0 aliphatic carbocycles. The van der Waals surface area contributed by atoms with Crippen LogP contribution in [0.5, 0.6) is 0 Å². The molecule has 0 atom stereocenters. The van der Waals surface area contributed by atoms with Crippen LogP contribution in [0.4, 0.5) is 0 Å². The quantitative estimate of drug-likeness (QED) is 0.886. The molecule has 0 unspecified atom stereocenters. The molecule has 1 aromatic carbocycles. The number of aromatic carboxylic acids is 1. The highest BCUT2D eigenvalue weighted by Crippen LogP contribution is 2.29. The Labute approximate surface area is 96.3 Å². The van der Waals surface area contributed by atoms with Gasteiger partial charge in [0.25, 0.3) is 5.22 Å². The summed E-state index contributed by atoms with van der Waals surface area (Å²) in [7, 11) is 0. The highest BCUT2D eigenvalue weighted by molar-refractivity contribution is 7.99. The van der Waals surface area contributed by atoms with Gasteiger partial charge >= 0.3 is 5.97 Å². The van der Waals surface area contributed by atoms with Gasteiger partial charge in [-0.25, -0.2) is 9.78 Å². The second kappa shape index (κ2) is 4.40. The fourth-order valence-corrected chi connectivity index (χ4v) is 2.05. The Morgan fingerprint density at radius 2 is 2.31 bits per heavy atom. The Morgan fingerprint density at radius 3 is 2.94 bits per heavy atom. The van der Waals surface area contributed by atoms with Gasteiger partial charge in [0.15, 0.2) is 0 Å². The summed E-state index contributed by atoms with van der Waals surface area (Å²) in [5.41, 5.74) is 1.18. The molecule has 2 rings (SSSR count).